The average Bonchev–Trinajstić information content (AvgIpc) is 2.38. The van der Waals surface area contributed by atoms with Crippen LogP contribution >= 0.6 is 0 Å². The molecule has 0 aromatic heterocycles. The quantitative estimate of drug-likeness (QED) is 0.834. The number of nitrogens with zero attached hydrogens (tertiary/aromatic N) is 1. The molecule has 1 saturated carbocycles. The second-order valence-electron chi connectivity index (χ2n) is 6.20. The van der Waals surface area contributed by atoms with Crippen LogP contribution < -0.4 is 5.32 Å². The van der Waals surface area contributed by atoms with Gasteiger partial charge in [-0.05, 0) is 38.1 Å². The number of likely N-dealkylation sites (tertiary alicyclic amines) is 1. The van der Waals surface area contributed by atoms with Gasteiger partial charge in [0.05, 0.1) is 0 Å². The highest BCUT2D eigenvalue weighted by Crippen LogP contribution is 2.18. The van der Waals surface area contributed by atoms with E-state index >= 15 is 0 Å². The van der Waals surface area contributed by atoms with E-state index in [0.29, 0.717) is 12.5 Å². The fourth-order valence-corrected chi connectivity index (χ4v) is 3.30. The molecule has 1 aliphatic heterocycles. The lowest BCUT2D eigenvalue weighted by molar-refractivity contribution is -0.122. The summed E-state index contributed by atoms with van der Waals surface area (Å²) in [5.41, 5.74) is 0. The third-order valence-corrected chi connectivity index (χ3v) is 4.37. The lowest BCUT2D eigenvalue weighted by Crippen LogP contribution is -2.40. The molecule has 1 N–H and O–H groups in total. The number of carbonyl (C=O) groups excluding carboxylic acids is 1. The number of hydrogen-bond donors (Lipinski definition) is 1. The van der Waals surface area contributed by atoms with Crippen LogP contribution in [0.2, 0.25) is 0 Å². The maximum Gasteiger partial charge on any atom is 0.221 e. The molecule has 3 nitrogen and oxygen atoms in total. The van der Waals surface area contributed by atoms with Crippen molar-refractivity contribution >= 4 is 5.91 Å². The number of nitrogens with one attached hydrogen (secondary N) is 1. The number of amides is 1. The van der Waals surface area contributed by atoms with Crippen molar-refractivity contribution < 1.29 is 4.79 Å². The van der Waals surface area contributed by atoms with Crippen LogP contribution in [0, 0.1) is 5.92 Å². The normalized spacial score (nSPS) is 27.1. The summed E-state index contributed by atoms with van der Waals surface area (Å²) in [6.45, 7) is 5.62. The maximum atomic E-state index is 11.9. The van der Waals surface area contributed by atoms with Crippen molar-refractivity contribution in [1.82, 2.24) is 10.2 Å². The Bertz CT molecular complexity index is 261. The number of piperidine rings is 1. The molecule has 0 aromatic rings. The van der Waals surface area contributed by atoms with Crippen LogP contribution in [-0.2, 0) is 4.79 Å². The Balaban J connectivity index is 1.61. The van der Waals surface area contributed by atoms with Gasteiger partial charge in [0.15, 0.2) is 0 Å². The van der Waals surface area contributed by atoms with Gasteiger partial charge in [-0.1, -0.05) is 26.2 Å². The van der Waals surface area contributed by atoms with Gasteiger partial charge in [-0.15, -0.1) is 0 Å². The van der Waals surface area contributed by atoms with Crippen molar-refractivity contribution in [2.75, 3.05) is 19.6 Å². The summed E-state index contributed by atoms with van der Waals surface area (Å²) in [7, 11) is 0. The molecular weight excluding hydrogens is 224 g/mol. The molecule has 1 saturated heterocycles. The summed E-state index contributed by atoms with van der Waals surface area (Å²) < 4.78 is 0. The van der Waals surface area contributed by atoms with Gasteiger partial charge in [0.2, 0.25) is 5.91 Å². The van der Waals surface area contributed by atoms with Crippen molar-refractivity contribution in [2.24, 2.45) is 5.92 Å². The zero-order chi connectivity index (χ0) is 12.8. The van der Waals surface area contributed by atoms with Crippen LogP contribution in [0.3, 0.4) is 0 Å². The van der Waals surface area contributed by atoms with Crippen LogP contribution in [0.25, 0.3) is 0 Å². The lowest BCUT2D eigenvalue weighted by atomic mass is 9.95. The largest absolute Gasteiger partial charge is 0.353 e. The van der Waals surface area contributed by atoms with Crippen LogP contribution in [0.4, 0.5) is 0 Å². The fourth-order valence-electron chi connectivity index (χ4n) is 3.30. The van der Waals surface area contributed by atoms with Crippen molar-refractivity contribution in [3.63, 3.8) is 0 Å². The highest BCUT2D eigenvalue weighted by Gasteiger charge is 2.18. The first-order valence-electron chi connectivity index (χ1n) is 7.76. The van der Waals surface area contributed by atoms with Crippen molar-refractivity contribution in [2.45, 2.75) is 64.3 Å². The van der Waals surface area contributed by atoms with Gasteiger partial charge in [-0.2, -0.15) is 0 Å². The van der Waals surface area contributed by atoms with Crippen LogP contribution in [0.5, 0.6) is 0 Å². The third-order valence-electron chi connectivity index (χ3n) is 4.37. The highest BCUT2D eigenvalue weighted by atomic mass is 16.1. The molecule has 0 aromatic carbocycles. The Morgan fingerprint density at radius 3 is 2.67 bits per heavy atom. The van der Waals surface area contributed by atoms with Crippen LogP contribution in [0.1, 0.15) is 58.3 Å². The number of rotatable bonds is 4. The molecule has 0 spiro atoms. The minimum absolute atomic E-state index is 0.264. The molecule has 1 aliphatic carbocycles. The van der Waals surface area contributed by atoms with Gasteiger partial charge in [0.25, 0.3) is 0 Å². The van der Waals surface area contributed by atoms with Gasteiger partial charge in [0, 0.05) is 25.6 Å². The highest BCUT2D eigenvalue weighted by molar-refractivity contribution is 5.76. The summed E-state index contributed by atoms with van der Waals surface area (Å²) in [6, 6.07) is 0.464. The molecule has 3 heteroatoms. The van der Waals surface area contributed by atoms with Gasteiger partial charge in [0.1, 0.15) is 0 Å². The molecule has 1 amide bonds. The summed E-state index contributed by atoms with van der Waals surface area (Å²) >= 11 is 0. The second kappa shape index (κ2) is 7.13. The molecule has 0 bridgehead atoms. The van der Waals surface area contributed by atoms with Crippen molar-refractivity contribution in [3.8, 4) is 0 Å². The zero-order valence-electron chi connectivity index (χ0n) is 11.8. The van der Waals surface area contributed by atoms with E-state index in [2.05, 4.69) is 17.1 Å². The average molecular weight is 252 g/mol. The summed E-state index contributed by atoms with van der Waals surface area (Å²) in [5, 5.41) is 3.20. The summed E-state index contributed by atoms with van der Waals surface area (Å²) in [6.07, 6.45) is 9.62. The second-order valence-corrected chi connectivity index (χ2v) is 6.20. The molecule has 104 valence electrons. The standard InChI is InChI=1S/C15H28N2O/c1-13-6-5-10-17(12-13)11-9-15(18)16-14-7-3-2-4-8-14/h13-14H,2-12H2,1H3,(H,16,18). The van der Waals surface area contributed by atoms with Gasteiger partial charge in [-0.25, -0.2) is 0 Å². The van der Waals surface area contributed by atoms with Gasteiger partial charge >= 0.3 is 0 Å². The first kappa shape index (κ1) is 13.9. The van der Waals surface area contributed by atoms with Gasteiger partial charge < -0.3 is 10.2 Å². The predicted octanol–water partition coefficient (Wildman–Crippen LogP) is 2.56. The molecule has 2 fully saturated rings. The minimum Gasteiger partial charge on any atom is -0.353 e. The van der Waals surface area contributed by atoms with E-state index in [-0.39, 0.29) is 5.91 Å². The van der Waals surface area contributed by atoms with Crippen molar-refractivity contribution in [1.29, 1.82) is 0 Å². The Hall–Kier alpha value is -0.570. The van der Waals surface area contributed by atoms with E-state index in [4.69, 9.17) is 0 Å². The van der Waals surface area contributed by atoms with Crippen LogP contribution in [-0.4, -0.2) is 36.5 Å². The molecule has 1 heterocycles. The predicted molar refractivity (Wildman–Crippen MR) is 74.5 cm³/mol. The van der Waals surface area contributed by atoms with E-state index in [9.17, 15) is 4.79 Å². The Morgan fingerprint density at radius 1 is 1.17 bits per heavy atom. The first-order chi connectivity index (χ1) is 8.74. The van der Waals surface area contributed by atoms with E-state index in [1.165, 1.54) is 58.0 Å². The molecular formula is C15H28N2O. The third kappa shape index (κ3) is 4.60. The topological polar surface area (TPSA) is 32.3 Å². The molecule has 2 rings (SSSR count). The fraction of sp³-hybridized carbons (Fsp3) is 0.933. The lowest BCUT2D eigenvalue weighted by Gasteiger charge is -2.31. The Morgan fingerprint density at radius 2 is 1.94 bits per heavy atom. The monoisotopic (exact) mass is 252 g/mol. The molecule has 1 atom stereocenters. The van der Waals surface area contributed by atoms with E-state index in [1.807, 2.05) is 0 Å². The summed E-state index contributed by atoms with van der Waals surface area (Å²) in [5.74, 6) is 1.07. The molecule has 18 heavy (non-hydrogen) atoms. The number of hydrogen-bond acceptors (Lipinski definition) is 2. The Labute approximate surface area is 111 Å². The number of carbonyl (C=O) groups is 1. The smallest absolute Gasteiger partial charge is 0.221 e. The van der Waals surface area contributed by atoms with E-state index < -0.39 is 0 Å². The SMILES string of the molecule is CC1CCCN(CCC(=O)NC2CCCCC2)C1. The first-order valence-corrected chi connectivity index (χ1v) is 7.76. The van der Waals surface area contributed by atoms with Crippen molar-refractivity contribution in [3.05, 3.63) is 0 Å². The molecule has 2 aliphatic rings. The molecule has 0 radical (unpaired) electrons. The summed E-state index contributed by atoms with van der Waals surface area (Å²) in [4.78, 5) is 14.4. The molecule has 1 unspecified atom stereocenters. The maximum absolute atomic E-state index is 11.9. The zero-order valence-corrected chi connectivity index (χ0v) is 11.8. The Kier molecular flexibility index (Phi) is 5.48. The van der Waals surface area contributed by atoms with E-state index in [0.717, 1.165) is 12.5 Å². The minimum atomic E-state index is 0.264. The van der Waals surface area contributed by atoms with Gasteiger partial charge in [-0.3, -0.25) is 4.79 Å². The van der Waals surface area contributed by atoms with E-state index in [1.54, 1.807) is 0 Å². The van der Waals surface area contributed by atoms with Crippen LogP contribution in [0.15, 0.2) is 0 Å².